The SMILES string of the molecule is CCCCSc1nc2n(n1)C(c1cccc(OC(C)C)c1)C1=C(CC(C)(C)CC1=O)N2. The minimum Gasteiger partial charge on any atom is -0.491 e. The van der Waals surface area contributed by atoms with Gasteiger partial charge in [0.15, 0.2) is 5.78 Å². The Balaban J connectivity index is 1.78. The summed E-state index contributed by atoms with van der Waals surface area (Å²) in [5, 5.41) is 9.01. The number of rotatable bonds is 7. The van der Waals surface area contributed by atoms with Crippen molar-refractivity contribution in [1.29, 1.82) is 0 Å². The van der Waals surface area contributed by atoms with Gasteiger partial charge in [0.05, 0.1) is 6.10 Å². The second kappa shape index (κ2) is 8.69. The normalized spacial score (nSPS) is 19.8. The van der Waals surface area contributed by atoms with Crippen LogP contribution in [0.5, 0.6) is 5.75 Å². The van der Waals surface area contributed by atoms with Crippen molar-refractivity contribution < 1.29 is 9.53 Å². The first-order valence-corrected chi connectivity index (χ1v) is 12.1. The molecule has 1 aromatic heterocycles. The highest BCUT2D eigenvalue weighted by Crippen LogP contribution is 2.46. The van der Waals surface area contributed by atoms with E-state index in [2.05, 4.69) is 32.2 Å². The van der Waals surface area contributed by atoms with Crippen LogP contribution in [0.3, 0.4) is 0 Å². The van der Waals surface area contributed by atoms with E-state index in [1.807, 2.05) is 36.7 Å². The Bertz CT molecular complexity index is 1010. The van der Waals surface area contributed by atoms with Crippen molar-refractivity contribution in [3.05, 3.63) is 41.1 Å². The van der Waals surface area contributed by atoms with Gasteiger partial charge < -0.3 is 10.1 Å². The molecule has 2 heterocycles. The second-order valence-corrected chi connectivity index (χ2v) is 10.5. The lowest BCUT2D eigenvalue weighted by Gasteiger charge is -2.38. The fourth-order valence-electron chi connectivity index (χ4n) is 4.30. The molecular weight excluding hydrogens is 408 g/mol. The van der Waals surface area contributed by atoms with E-state index in [1.54, 1.807) is 11.8 Å². The van der Waals surface area contributed by atoms with Crippen LogP contribution in [-0.4, -0.2) is 32.4 Å². The second-order valence-electron chi connectivity index (χ2n) is 9.46. The molecule has 6 nitrogen and oxygen atoms in total. The number of Topliss-reactive ketones (excluding diaryl/α,β-unsaturated/α-hetero) is 1. The average Bonchev–Trinajstić information content (AvgIpc) is 3.07. The molecule has 7 heteroatoms. The van der Waals surface area contributed by atoms with Gasteiger partial charge in [0.25, 0.3) is 0 Å². The number of hydrogen-bond acceptors (Lipinski definition) is 6. The summed E-state index contributed by atoms with van der Waals surface area (Å²) < 4.78 is 7.82. The van der Waals surface area contributed by atoms with Crippen LogP contribution in [0.25, 0.3) is 0 Å². The van der Waals surface area contributed by atoms with Crippen molar-refractivity contribution in [2.75, 3.05) is 11.1 Å². The van der Waals surface area contributed by atoms with Crippen LogP contribution in [0.15, 0.2) is 40.7 Å². The Labute approximate surface area is 188 Å². The predicted molar refractivity (Wildman–Crippen MR) is 125 cm³/mol. The molecule has 2 aliphatic rings. The summed E-state index contributed by atoms with van der Waals surface area (Å²) in [6.45, 7) is 10.5. The standard InChI is InChI=1S/C24H32N4O2S/c1-6-7-11-31-23-26-22-25-18-13-24(4,5)14-19(29)20(18)21(28(22)27-23)16-9-8-10-17(12-16)30-15(2)3/h8-10,12,15,21H,6-7,11,13-14H2,1-5H3,(H,25,26,27). The molecule has 0 bridgehead atoms. The maximum absolute atomic E-state index is 13.3. The van der Waals surface area contributed by atoms with Crippen molar-refractivity contribution in [2.45, 2.75) is 77.6 Å². The number of carbonyl (C=O) groups is 1. The Morgan fingerprint density at radius 1 is 1.32 bits per heavy atom. The van der Waals surface area contributed by atoms with E-state index >= 15 is 0 Å². The highest BCUT2D eigenvalue weighted by Gasteiger charge is 2.42. The number of ether oxygens (including phenoxy) is 1. The van der Waals surface area contributed by atoms with E-state index in [-0.39, 0.29) is 23.3 Å². The molecule has 1 N–H and O–H groups in total. The van der Waals surface area contributed by atoms with Gasteiger partial charge in [0.1, 0.15) is 11.8 Å². The van der Waals surface area contributed by atoms with Gasteiger partial charge in [-0.1, -0.05) is 51.1 Å². The number of carbonyl (C=O) groups excluding carboxylic acids is 1. The number of nitrogens with one attached hydrogen (secondary N) is 1. The summed E-state index contributed by atoms with van der Waals surface area (Å²) in [6, 6.07) is 7.73. The van der Waals surface area contributed by atoms with Crippen LogP contribution < -0.4 is 10.1 Å². The number of ketones is 1. The smallest absolute Gasteiger partial charge is 0.227 e. The minimum atomic E-state index is -0.293. The molecule has 1 atom stereocenters. The number of fused-ring (bicyclic) bond motifs is 1. The number of nitrogens with zero attached hydrogens (tertiary/aromatic N) is 3. The van der Waals surface area contributed by atoms with E-state index in [0.717, 1.165) is 52.8 Å². The van der Waals surface area contributed by atoms with Gasteiger partial charge in [-0.25, -0.2) is 4.68 Å². The lowest BCUT2D eigenvalue weighted by atomic mass is 9.73. The van der Waals surface area contributed by atoms with Crippen molar-refractivity contribution in [3.8, 4) is 5.75 Å². The number of thioether (sulfide) groups is 1. The molecular formula is C24H32N4O2S. The highest BCUT2D eigenvalue weighted by atomic mass is 32.2. The van der Waals surface area contributed by atoms with Gasteiger partial charge in [-0.3, -0.25) is 4.79 Å². The first kappa shape index (κ1) is 21.9. The van der Waals surface area contributed by atoms with Gasteiger partial charge in [-0.05, 0) is 49.8 Å². The van der Waals surface area contributed by atoms with Gasteiger partial charge in [0.2, 0.25) is 11.1 Å². The lowest BCUT2D eigenvalue weighted by Crippen LogP contribution is -2.36. The third-order valence-electron chi connectivity index (χ3n) is 5.59. The minimum absolute atomic E-state index is 0.0725. The number of aromatic nitrogens is 3. The fourth-order valence-corrected chi connectivity index (χ4v) is 5.21. The average molecular weight is 441 g/mol. The van der Waals surface area contributed by atoms with Gasteiger partial charge in [-0.2, -0.15) is 4.98 Å². The quantitative estimate of drug-likeness (QED) is 0.445. The molecule has 1 unspecified atom stereocenters. The molecule has 166 valence electrons. The lowest BCUT2D eigenvalue weighted by molar-refractivity contribution is -0.118. The first-order valence-electron chi connectivity index (χ1n) is 11.2. The maximum Gasteiger partial charge on any atom is 0.227 e. The van der Waals surface area contributed by atoms with Gasteiger partial charge >= 0.3 is 0 Å². The van der Waals surface area contributed by atoms with Crippen LogP contribution in [-0.2, 0) is 4.79 Å². The molecule has 0 spiro atoms. The first-order chi connectivity index (χ1) is 14.8. The number of benzene rings is 1. The summed E-state index contributed by atoms with van der Waals surface area (Å²) in [7, 11) is 0. The number of hydrogen-bond donors (Lipinski definition) is 1. The number of unbranched alkanes of at least 4 members (excludes halogenated alkanes) is 1. The van der Waals surface area contributed by atoms with E-state index in [4.69, 9.17) is 14.8 Å². The zero-order valence-electron chi connectivity index (χ0n) is 19.1. The number of anilines is 1. The topological polar surface area (TPSA) is 69.0 Å². The van der Waals surface area contributed by atoms with Crippen LogP contribution in [0, 0.1) is 5.41 Å². The van der Waals surface area contributed by atoms with E-state index in [9.17, 15) is 4.79 Å². The number of allylic oxidation sites excluding steroid dienone is 2. The summed E-state index contributed by atoms with van der Waals surface area (Å²) >= 11 is 1.67. The predicted octanol–water partition coefficient (Wildman–Crippen LogP) is 5.62. The molecule has 0 amide bonds. The van der Waals surface area contributed by atoms with Crippen molar-refractivity contribution in [3.63, 3.8) is 0 Å². The monoisotopic (exact) mass is 440 g/mol. The van der Waals surface area contributed by atoms with Crippen molar-refractivity contribution in [1.82, 2.24) is 14.8 Å². The van der Waals surface area contributed by atoms with Crippen molar-refractivity contribution >= 4 is 23.5 Å². The molecule has 0 saturated carbocycles. The van der Waals surface area contributed by atoms with Gasteiger partial charge in [0, 0.05) is 23.4 Å². The summed E-state index contributed by atoms with van der Waals surface area (Å²) in [5.74, 6) is 2.68. The molecule has 2 aromatic rings. The van der Waals surface area contributed by atoms with Crippen LogP contribution in [0.1, 0.15) is 71.9 Å². The molecule has 0 radical (unpaired) electrons. The third-order valence-corrected chi connectivity index (χ3v) is 6.51. The maximum atomic E-state index is 13.3. The van der Waals surface area contributed by atoms with Crippen LogP contribution in [0.4, 0.5) is 5.95 Å². The van der Waals surface area contributed by atoms with Crippen molar-refractivity contribution in [2.24, 2.45) is 5.41 Å². The molecule has 31 heavy (non-hydrogen) atoms. The third kappa shape index (κ3) is 4.66. The molecule has 1 aliphatic heterocycles. The zero-order valence-corrected chi connectivity index (χ0v) is 19.9. The molecule has 4 rings (SSSR count). The Morgan fingerprint density at radius 2 is 2.13 bits per heavy atom. The van der Waals surface area contributed by atoms with E-state index in [0.29, 0.717) is 12.4 Å². The Morgan fingerprint density at radius 3 is 2.87 bits per heavy atom. The molecule has 1 aliphatic carbocycles. The zero-order chi connectivity index (χ0) is 22.2. The highest BCUT2D eigenvalue weighted by molar-refractivity contribution is 7.99. The molecule has 1 aromatic carbocycles. The molecule has 0 fully saturated rings. The largest absolute Gasteiger partial charge is 0.491 e. The van der Waals surface area contributed by atoms with E-state index < -0.39 is 0 Å². The Hall–Kier alpha value is -2.28. The molecule has 0 saturated heterocycles. The summed E-state index contributed by atoms with van der Waals surface area (Å²) in [6.07, 6.45) is 3.70. The van der Waals surface area contributed by atoms with Gasteiger partial charge in [-0.15, -0.1) is 5.10 Å². The van der Waals surface area contributed by atoms with Crippen LogP contribution >= 0.6 is 11.8 Å². The van der Waals surface area contributed by atoms with Crippen LogP contribution in [0.2, 0.25) is 0 Å². The summed E-state index contributed by atoms with van der Waals surface area (Å²) in [4.78, 5) is 18.1. The van der Waals surface area contributed by atoms with E-state index in [1.165, 1.54) is 0 Å². The fraction of sp³-hybridized carbons (Fsp3) is 0.542. The Kier molecular flexibility index (Phi) is 6.15. The summed E-state index contributed by atoms with van der Waals surface area (Å²) in [5.41, 5.74) is 2.71.